The van der Waals surface area contributed by atoms with E-state index in [2.05, 4.69) is 30.7 Å². The minimum atomic E-state index is -0.483. The largest absolute Gasteiger partial charge is 0.481 e. The molecule has 11 heteroatoms. The molecule has 4 rings (SSSR count). The summed E-state index contributed by atoms with van der Waals surface area (Å²) >= 11 is 0. The molecule has 3 aromatic rings. The van der Waals surface area contributed by atoms with Crippen molar-refractivity contribution in [2.45, 2.75) is 13.0 Å². The van der Waals surface area contributed by atoms with Crippen molar-refractivity contribution < 1.29 is 9.53 Å². The summed E-state index contributed by atoms with van der Waals surface area (Å²) in [4.78, 5) is 29.7. The van der Waals surface area contributed by atoms with Gasteiger partial charge >= 0.3 is 0 Å². The number of hydrazine groups is 1. The zero-order valence-corrected chi connectivity index (χ0v) is 18.1. The second kappa shape index (κ2) is 9.30. The SMILES string of the molecule is COc1cc(C(Nc2ccc(C(=N)N)cc2)C2=NCC(=O)N(c3ncccn3)N2)cc(C)n1. The number of amidine groups is 2. The Labute approximate surface area is 190 Å². The second-order valence-electron chi connectivity index (χ2n) is 7.24. The Kier molecular flexibility index (Phi) is 6.11. The summed E-state index contributed by atoms with van der Waals surface area (Å²) in [6.45, 7) is 1.80. The van der Waals surface area contributed by atoms with Crippen LogP contribution in [0.4, 0.5) is 11.6 Å². The lowest BCUT2D eigenvalue weighted by Gasteiger charge is -2.31. The summed E-state index contributed by atoms with van der Waals surface area (Å²) < 4.78 is 5.35. The fourth-order valence-corrected chi connectivity index (χ4v) is 3.32. The molecule has 11 nitrogen and oxygen atoms in total. The topological polar surface area (TPSA) is 154 Å². The van der Waals surface area contributed by atoms with Gasteiger partial charge in [0.2, 0.25) is 5.88 Å². The molecule has 5 N–H and O–H groups in total. The van der Waals surface area contributed by atoms with E-state index >= 15 is 0 Å². The number of aryl methyl sites for hydroxylation is 1. The number of anilines is 2. The second-order valence-corrected chi connectivity index (χ2v) is 7.24. The third-order valence-electron chi connectivity index (χ3n) is 4.89. The smallest absolute Gasteiger partial charge is 0.270 e. The van der Waals surface area contributed by atoms with E-state index in [1.807, 2.05) is 25.1 Å². The van der Waals surface area contributed by atoms with Gasteiger partial charge in [-0.15, -0.1) is 0 Å². The maximum Gasteiger partial charge on any atom is 0.270 e. The molecular weight excluding hydrogens is 422 g/mol. The average Bonchev–Trinajstić information content (AvgIpc) is 2.83. The van der Waals surface area contributed by atoms with Crippen molar-refractivity contribution in [3.05, 3.63) is 71.7 Å². The van der Waals surface area contributed by atoms with E-state index in [0.717, 1.165) is 16.9 Å². The third-order valence-corrected chi connectivity index (χ3v) is 4.89. The molecule has 1 aliphatic rings. The first kappa shape index (κ1) is 21.7. The van der Waals surface area contributed by atoms with Crippen LogP contribution in [0.15, 0.2) is 59.9 Å². The van der Waals surface area contributed by atoms with Gasteiger partial charge in [-0.25, -0.2) is 15.0 Å². The van der Waals surface area contributed by atoms with Gasteiger partial charge in [0.05, 0.1) is 7.11 Å². The van der Waals surface area contributed by atoms with Crippen molar-refractivity contribution in [3.8, 4) is 5.88 Å². The fourth-order valence-electron chi connectivity index (χ4n) is 3.32. The summed E-state index contributed by atoms with van der Waals surface area (Å²) in [6, 6.07) is 12.1. The molecule has 0 aliphatic carbocycles. The normalized spacial score (nSPS) is 14.2. The Balaban J connectivity index is 1.71. The van der Waals surface area contributed by atoms with E-state index in [4.69, 9.17) is 15.9 Å². The molecule has 3 heterocycles. The Hall–Kier alpha value is -4.54. The highest BCUT2D eigenvalue weighted by atomic mass is 16.5. The van der Waals surface area contributed by atoms with Crippen LogP contribution >= 0.6 is 0 Å². The number of methoxy groups -OCH3 is 1. The fraction of sp³-hybridized carbons (Fsp3) is 0.182. The number of nitrogens with one attached hydrogen (secondary N) is 3. The molecule has 1 amide bonds. The zero-order valence-electron chi connectivity index (χ0n) is 18.1. The van der Waals surface area contributed by atoms with Crippen LogP contribution in [-0.2, 0) is 4.79 Å². The van der Waals surface area contributed by atoms with Crippen LogP contribution < -0.4 is 26.2 Å². The number of aliphatic imine (C=N–C) groups is 1. The summed E-state index contributed by atoms with van der Waals surface area (Å²) in [6.07, 6.45) is 3.12. The number of carbonyl (C=O) groups excluding carboxylic acids is 1. The predicted octanol–water partition coefficient (Wildman–Crippen LogP) is 1.58. The van der Waals surface area contributed by atoms with Crippen molar-refractivity contribution >= 4 is 29.2 Å². The molecule has 0 saturated carbocycles. The quantitative estimate of drug-likeness (QED) is 0.316. The number of pyridine rings is 1. The van der Waals surface area contributed by atoms with E-state index in [0.29, 0.717) is 17.3 Å². The van der Waals surface area contributed by atoms with Crippen LogP contribution in [0.25, 0.3) is 0 Å². The number of amides is 1. The zero-order chi connectivity index (χ0) is 23.4. The average molecular weight is 445 g/mol. The molecular formula is C22H23N9O2. The van der Waals surface area contributed by atoms with Crippen LogP contribution in [0.2, 0.25) is 0 Å². The molecule has 1 unspecified atom stereocenters. The number of rotatable bonds is 7. The van der Waals surface area contributed by atoms with Crippen molar-refractivity contribution in [1.82, 2.24) is 20.4 Å². The molecule has 0 spiro atoms. The van der Waals surface area contributed by atoms with Gasteiger partial charge in [0.15, 0.2) is 0 Å². The van der Waals surface area contributed by atoms with Crippen LogP contribution in [0, 0.1) is 12.3 Å². The van der Waals surface area contributed by atoms with Gasteiger partial charge < -0.3 is 15.8 Å². The lowest BCUT2D eigenvalue weighted by molar-refractivity contribution is -0.118. The number of carbonyl (C=O) groups is 1. The highest BCUT2D eigenvalue weighted by molar-refractivity contribution is 6.04. The van der Waals surface area contributed by atoms with Gasteiger partial charge in [0, 0.05) is 35.4 Å². The summed E-state index contributed by atoms with van der Waals surface area (Å²) in [5.41, 5.74) is 11.6. The maximum absolute atomic E-state index is 12.5. The number of nitrogens with two attached hydrogens (primary N) is 1. The van der Waals surface area contributed by atoms with Crippen LogP contribution in [0.5, 0.6) is 5.88 Å². The molecule has 33 heavy (non-hydrogen) atoms. The Morgan fingerprint density at radius 3 is 2.64 bits per heavy atom. The number of aromatic nitrogens is 3. The lowest BCUT2D eigenvalue weighted by atomic mass is 10.0. The number of hydrogen-bond acceptors (Lipinski definition) is 9. The van der Waals surface area contributed by atoms with Crippen LogP contribution in [-0.4, -0.2) is 46.2 Å². The summed E-state index contributed by atoms with van der Waals surface area (Å²) in [5.74, 6) is 0.883. The van der Waals surface area contributed by atoms with E-state index in [-0.39, 0.29) is 24.2 Å². The Morgan fingerprint density at radius 1 is 1.24 bits per heavy atom. The van der Waals surface area contributed by atoms with E-state index in [1.165, 1.54) is 5.01 Å². The van der Waals surface area contributed by atoms with Crippen LogP contribution in [0.3, 0.4) is 0 Å². The summed E-state index contributed by atoms with van der Waals surface area (Å²) in [7, 11) is 1.55. The number of ether oxygens (including phenoxy) is 1. The number of nitrogen functional groups attached to an aromatic ring is 1. The van der Waals surface area contributed by atoms with E-state index < -0.39 is 6.04 Å². The first-order chi connectivity index (χ1) is 15.9. The Morgan fingerprint density at radius 2 is 1.97 bits per heavy atom. The van der Waals surface area contributed by atoms with Crippen molar-refractivity contribution in [2.24, 2.45) is 10.7 Å². The maximum atomic E-state index is 12.5. The number of nitrogens with zero attached hydrogens (tertiary/aromatic N) is 5. The Bertz CT molecular complexity index is 1200. The van der Waals surface area contributed by atoms with Crippen molar-refractivity contribution in [3.63, 3.8) is 0 Å². The number of benzene rings is 1. The van der Waals surface area contributed by atoms with Gasteiger partial charge in [-0.1, -0.05) is 0 Å². The van der Waals surface area contributed by atoms with E-state index in [9.17, 15) is 4.79 Å². The highest BCUT2D eigenvalue weighted by Crippen LogP contribution is 2.26. The monoisotopic (exact) mass is 445 g/mol. The number of hydrogen-bond donors (Lipinski definition) is 4. The van der Waals surface area contributed by atoms with Gasteiger partial charge in [-0.3, -0.25) is 20.6 Å². The minimum Gasteiger partial charge on any atom is -0.481 e. The van der Waals surface area contributed by atoms with Gasteiger partial charge in [-0.05, 0) is 48.9 Å². The van der Waals surface area contributed by atoms with Crippen molar-refractivity contribution in [2.75, 3.05) is 24.0 Å². The molecule has 168 valence electrons. The molecule has 1 aromatic carbocycles. The standard InChI is InChI=1S/C22H23N9O2/c1-13-10-15(11-17(28-13)33-2)19(29-16-6-4-14(5-7-16)20(23)24)21-27-12-18(32)31(30-21)22-25-8-3-9-26-22/h3-11,19,29H,12H2,1-2H3,(H3,23,24)(H,27,30). The van der Waals surface area contributed by atoms with Gasteiger partial charge in [0.25, 0.3) is 11.9 Å². The minimum absolute atomic E-state index is 0.0112. The molecule has 2 aromatic heterocycles. The molecule has 1 atom stereocenters. The first-order valence-corrected chi connectivity index (χ1v) is 10.1. The van der Waals surface area contributed by atoms with Crippen molar-refractivity contribution in [1.29, 1.82) is 5.41 Å². The van der Waals surface area contributed by atoms with Gasteiger partial charge in [0.1, 0.15) is 24.3 Å². The van der Waals surface area contributed by atoms with Gasteiger partial charge in [-0.2, -0.15) is 5.01 Å². The molecule has 0 fully saturated rings. The van der Waals surface area contributed by atoms with Crippen LogP contribution in [0.1, 0.15) is 22.9 Å². The third kappa shape index (κ3) is 4.87. The molecule has 0 bridgehead atoms. The first-order valence-electron chi connectivity index (χ1n) is 10.1. The summed E-state index contributed by atoms with van der Waals surface area (Å²) in [5, 5.41) is 12.3. The predicted molar refractivity (Wildman–Crippen MR) is 124 cm³/mol. The lowest BCUT2D eigenvalue weighted by Crippen LogP contribution is -2.54. The molecule has 0 radical (unpaired) electrons. The molecule has 1 aliphatic heterocycles. The highest BCUT2D eigenvalue weighted by Gasteiger charge is 2.29. The molecule has 0 saturated heterocycles. The van der Waals surface area contributed by atoms with E-state index in [1.54, 1.807) is 43.8 Å².